The summed E-state index contributed by atoms with van der Waals surface area (Å²) in [6.07, 6.45) is 0. The number of rotatable bonds is 2. The molecule has 1 aromatic carbocycles. The van der Waals surface area contributed by atoms with Crippen molar-refractivity contribution in [1.82, 2.24) is 5.32 Å². The van der Waals surface area contributed by atoms with Crippen LogP contribution >= 0.6 is 12.4 Å². The first kappa shape index (κ1) is 15.7. The number of carbonyl (C=O) groups excluding carboxylic acids is 1. The molecule has 1 N–H and O–H groups in total. The lowest BCUT2D eigenvalue weighted by Gasteiger charge is -2.29. The van der Waals surface area contributed by atoms with Crippen molar-refractivity contribution in [2.45, 2.75) is 0 Å². The Morgan fingerprint density at radius 2 is 1.89 bits per heavy atom. The van der Waals surface area contributed by atoms with Gasteiger partial charge in [-0.15, -0.1) is 12.4 Å². The first-order chi connectivity index (χ1) is 8.65. The van der Waals surface area contributed by atoms with Crippen molar-refractivity contribution in [2.75, 3.05) is 38.2 Å². The molecule has 19 heavy (non-hydrogen) atoms. The van der Waals surface area contributed by atoms with Gasteiger partial charge in [-0.1, -0.05) is 0 Å². The number of hydrogen-bond acceptors (Lipinski definition) is 4. The summed E-state index contributed by atoms with van der Waals surface area (Å²) in [7, 11) is 1.13. The Bertz CT molecular complexity index is 465. The second-order valence-electron chi connectivity index (χ2n) is 3.99. The van der Waals surface area contributed by atoms with Gasteiger partial charge in [0.25, 0.3) is 0 Å². The van der Waals surface area contributed by atoms with Crippen molar-refractivity contribution in [1.29, 1.82) is 0 Å². The molecular weight excluding hydrogens is 278 g/mol. The van der Waals surface area contributed by atoms with E-state index in [4.69, 9.17) is 0 Å². The maximum Gasteiger partial charge on any atom is 0.340 e. The van der Waals surface area contributed by atoms with Crippen molar-refractivity contribution >= 4 is 24.1 Å². The van der Waals surface area contributed by atoms with Crippen LogP contribution < -0.4 is 10.2 Å². The quantitative estimate of drug-likeness (QED) is 0.841. The fourth-order valence-corrected chi connectivity index (χ4v) is 1.96. The molecule has 0 aliphatic carbocycles. The number of anilines is 1. The van der Waals surface area contributed by atoms with Crippen LogP contribution in [0.4, 0.5) is 14.5 Å². The van der Waals surface area contributed by atoms with Crippen LogP contribution in [0.1, 0.15) is 10.4 Å². The average Bonchev–Trinajstić information content (AvgIpc) is 2.42. The highest BCUT2D eigenvalue weighted by Gasteiger charge is 2.22. The highest BCUT2D eigenvalue weighted by molar-refractivity contribution is 5.90. The number of benzene rings is 1. The van der Waals surface area contributed by atoms with Gasteiger partial charge < -0.3 is 15.0 Å². The number of hydrogen-bond donors (Lipinski definition) is 1. The molecule has 0 bridgehead atoms. The molecule has 7 heteroatoms. The molecule has 0 spiro atoms. The Labute approximate surface area is 116 Å². The van der Waals surface area contributed by atoms with E-state index in [-0.39, 0.29) is 23.7 Å². The smallest absolute Gasteiger partial charge is 0.340 e. The molecule has 0 radical (unpaired) electrons. The molecule has 1 fully saturated rings. The number of nitrogens with zero attached hydrogens (tertiary/aromatic N) is 1. The van der Waals surface area contributed by atoms with E-state index in [2.05, 4.69) is 10.1 Å². The minimum atomic E-state index is -1.15. The largest absolute Gasteiger partial charge is 0.465 e. The van der Waals surface area contributed by atoms with Gasteiger partial charge in [-0.25, -0.2) is 13.6 Å². The summed E-state index contributed by atoms with van der Waals surface area (Å²) >= 11 is 0. The van der Waals surface area contributed by atoms with E-state index in [1.165, 1.54) is 12.1 Å². The van der Waals surface area contributed by atoms with Gasteiger partial charge in [-0.05, 0) is 12.1 Å². The van der Waals surface area contributed by atoms with E-state index in [1.807, 2.05) is 0 Å². The fraction of sp³-hybridized carbons (Fsp3) is 0.417. The first-order valence-corrected chi connectivity index (χ1v) is 5.67. The Kier molecular flexibility index (Phi) is 5.50. The topological polar surface area (TPSA) is 41.6 Å². The summed E-state index contributed by atoms with van der Waals surface area (Å²) in [5.41, 5.74) is -0.199. The molecule has 0 aromatic heterocycles. The zero-order valence-electron chi connectivity index (χ0n) is 10.4. The summed E-state index contributed by atoms with van der Waals surface area (Å²) in [6.45, 7) is 2.65. The molecule has 0 atom stereocenters. The van der Waals surface area contributed by atoms with Gasteiger partial charge in [-0.2, -0.15) is 0 Å². The minimum Gasteiger partial charge on any atom is -0.465 e. The molecule has 1 saturated heterocycles. The third-order valence-corrected chi connectivity index (χ3v) is 2.92. The standard InChI is InChI=1S/C12H14F2N2O2.ClH/c1-18-12(17)8-2-3-9(11(14)10(8)13)16-6-4-15-5-7-16;/h2-3,15H,4-7H2,1H3;1H. The summed E-state index contributed by atoms with van der Waals surface area (Å²) in [6, 6.07) is 2.66. The number of methoxy groups -OCH3 is 1. The van der Waals surface area contributed by atoms with Gasteiger partial charge in [0.2, 0.25) is 0 Å². The number of nitrogens with one attached hydrogen (secondary N) is 1. The second kappa shape index (κ2) is 6.68. The molecule has 2 rings (SSSR count). The van der Waals surface area contributed by atoms with E-state index in [1.54, 1.807) is 4.90 Å². The van der Waals surface area contributed by atoms with Crippen molar-refractivity contribution in [3.63, 3.8) is 0 Å². The molecule has 106 valence electrons. The predicted molar refractivity (Wildman–Crippen MR) is 70.0 cm³/mol. The number of esters is 1. The third kappa shape index (κ3) is 3.13. The number of carbonyl (C=O) groups is 1. The summed E-state index contributed by atoms with van der Waals surface area (Å²) < 4.78 is 32.0. The van der Waals surface area contributed by atoms with E-state index < -0.39 is 17.6 Å². The van der Waals surface area contributed by atoms with Crippen LogP contribution in [0.15, 0.2) is 12.1 Å². The highest BCUT2D eigenvalue weighted by Crippen LogP contribution is 2.24. The summed E-state index contributed by atoms with van der Waals surface area (Å²) in [4.78, 5) is 13.0. The van der Waals surface area contributed by atoms with Crippen molar-refractivity contribution in [3.8, 4) is 0 Å². The lowest BCUT2D eigenvalue weighted by Crippen LogP contribution is -2.44. The van der Waals surface area contributed by atoms with Crippen LogP contribution in [-0.4, -0.2) is 39.3 Å². The minimum absolute atomic E-state index is 0. The van der Waals surface area contributed by atoms with Crippen molar-refractivity contribution in [3.05, 3.63) is 29.3 Å². The van der Waals surface area contributed by atoms with Gasteiger partial charge in [0.05, 0.1) is 18.4 Å². The zero-order chi connectivity index (χ0) is 13.1. The maximum atomic E-state index is 13.9. The number of ether oxygens (including phenoxy) is 1. The Balaban J connectivity index is 0.00000180. The molecule has 0 unspecified atom stereocenters. The average molecular weight is 293 g/mol. The molecular formula is C12H15ClF2N2O2. The lowest BCUT2D eigenvalue weighted by molar-refractivity contribution is 0.0594. The van der Waals surface area contributed by atoms with Crippen LogP contribution in [0, 0.1) is 11.6 Å². The monoisotopic (exact) mass is 292 g/mol. The summed E-state index contributed by atoms with van der Waals surface area (Å²) in [5.74, 6) is -3.03. The van der Waals surface area contributed by atoms with Gasteiger partial charge in [-0.3, -0.25) is 0 Å². The van der Waals surface area contributed by atoms with Gasteiger partial charge in [0.15, 0.2) is 11.6 Å². The molecule has 4 nitrogen and oxygen atoms in total. The number of halogens is 3. The van der Waals surface area contributed by atoms with Gasteiger partial charge in [0.1, 0.15) is 0 Å². The summed E-state index contributed by atoms with van der Waals surface area (Å²) in [5, 5.41) is 3.13. The maximum absolute atomic E-state index is 13.9. The van der Waals surface area contributed by atoms with Crippen LogP contribution in [0.3, 0.4) is 0 Å². The zero-order valence-corrected chi connectivity index (χ0v) is 11.2. The molecule has 0 saturated carbocycles. The molecule has 1 aliphatic rings. The van der Waals surface area contributed by atoms with Crippen molar-refractivity contribution in [2.24, 2.45) is 0 Å². The highest BCUT2D eigenvalue weighted by atomic mass is 35.5. The van der Waals surface area contributed by atoms with Crippen molar-refractivity contribution < 1.29 is 18.3 Å². The fourth-order valence-electron chi connectivity index (χ4n) is 1.96. The van der Waals surface area contributed by atoms with Gasteiger partial charge in [0, 0.05) is 26.2 Å². The van der Waals surface area contributed by atoms with E-state index >= 15 is 0 Å². The Morgan fingerprint density at radius 3 is 2.47 bits per heavy atom. The van der Waals surface area contributed by atoms with Crippen LogP contribution in [0.5, 0.6) is 0 Å². The molecule has 0 amide bonds. The van der Waals surface area contributed by atoms with E-state index in [0.717, 1.165) is 20.2 Å². The van der Waals surface area contributed by atoms with E-state index in [0.29, 0.717) is 13.1 Å². The molecule has 1 aliphatic heterocycles. The Hall–Kier alpha value is -1.40. The third-order valence-electron chi connectivity index (χ3n) is 2.92. The second-order valence-corrected chi connectivity index (χ2v) is 3.99. The van der Waals surface area contributed by atoms with Crippen LogP contribution in [-0.2, 0) is 4.74 Å². The predicted octanol–water partition coefficient (Wildman–Crippen LogP) is 1.58. The van der Waals surface area contributed by atoms with Crippen LogP contribution in [0.25, 0.3) is 0 Å². The molecule has 1 heterocycles. The van der Waals surface area contributed by atoms with Crippen LogP contribution in [0.2, 0.25) is 0 Å². The SMILES string of the molecule is COC(=O)c1ccc(N2CCNCC2)c(F)c1F.Cl. The Morgan fingerprint density at radius 1 is 1.26 bits per heavy atom. The van der Waals surface area contributed by atoms with E-state index in [9.17, 15) is 13.6 Å². The number of piperazine rings is 1. The lowest BCUT2D eigenvalue weighted by atomic mass is 10.1. The van der Waals surface area contributed by atoms with Gasteiger partial charge >= 0.3 is 5.97 Å². The normalized spacial score (nSPS) is 14.8. The first-order valence-electron chi connectivity index (χ1n) is 5.67. The molecule has 1 aromatic rings.